The fourth-order valence-electron chi connectivity index (χ4n) is 2.36. The Labute approximate surface area is 120 Å². The third-order valence-electron chi connectivity index (χ3n) is 3.48. The molecule has 1 N–H and O–H groups in total. The highest BCUT2D eigenvalue weighted by atomic mass is 16.1. The molecule has 20 heavy (non-hydrogen) atoms. The van der Waals surface area contributed by atoms with Crippen LogP contribution in [0.3, 0.4) is 0 Å². The summed E-state index contributed by atoms with van der Waals surface area (Å²) in [6, 6.07) is 20.2. The zero-order chi connectivity index (χ0) is 14.2. The Morgan fingerprint density at radius 3 is 2.20 bits per heavy atom. The normalized spacial score (nSPS) is 11.8. The zero-order valence-corrected chi connectivity index (χ0v) is 11.9. The van der Waals surface area contributed by atoms with E-state index in [1.54, 1.807) is 0 Å². The number of benzene rings is 2. The molecule has 2 nitrogen and oxygen atoms in total. The van der Waals surface area contributed by atoms with Gasteiger partial charge in [0.1, 0.15) is 0 Å². The molecule has 0 aromatic heterocycles. The zero-order valence-electron chi connectivity index (χ0n) is 11.9. The molecule has 0 aliphatic heterocycles. The summed E-state index contributed by atoms with van der Waals surface area (Å²) >= 11 is 0. The Balaban J connectivity index is 1.87. The van der Waals surface area contributed by atoms with Crippen molar-refractivity contribution < 1.29 is 4.79 Å². The van der Waals surface area contributed by atoms with E-state index in [4.69, 9.17) is 0 Å². The molecule has 2 rings (SSSR count). The van der Waals surface area contributed by atoms with Crippen LogP contribution in [0.5, 0.6) is 0 Å². The molecule has 0 aliphatic rings. The maximum absolute atomic E-state index is 12.3. The Bertz CT molecular complexity index is 522. The minimum Gasteiger partial charge on any atom is -0.355 e. The van der Waals surface area contributed by atoms with Crippen molar-refractivity contribution in [1.82, 2.24) is 5.32 Å². The Kier molecular flexibility index (Phi) is 5.36. The predicted octanol–water partition coefficient (Wildman–Crippen LogP) is 3.54. The lowest BCUT2D eigenvalue weighted by atomic mass is 9.95. The largest absolute Gasteiger partial charge is 0.355 e. The second kappa shape index (κ2) is 7.49. The van der Waals surface area contributed by atoms with E-state index in [2.05, 4.69) is 24.4 Å². The van der Waals surface area contributed by atoms with Gasteiger partial charge in [-0.15, -0.1) is 0 Å². The van der Waals surface area contributed by atoms with Crippen LogP contribution >= 0.6 is 0 Å². The van der Waals surface area contributed by atoms with Gasteiger partial charge in [-0.1, -0.05) is 67.6 Å². The number of carbonyl (C=O) groups is 1. The highest BCUT2D eigenvalue weighted by Crippen LogP contribution is 2.19. The smallest absolute Gasteiger partial charge is 0.227 e. The molecular weight excluding hydrogens is 246 g/mol. The summed E-state index contributed by atoms with van der Waals surface area (Å²) in [5.74, 6) is 0.0709. The van der Waals surface area contributed by atoms with E-state index in [0.29, 0.717) is 6.54 Å². The quantitative estimate of drug-likeness (QED) is 0.852. The number of hydrogen-bond donors (Lipinski definition) is 1. The molecule has 2 heteroatoms. The van der Waals surface area contributed by atoms with Gasteiger partial charge in [0.25, 0.3) is 0 Å². The van der Waals surface area contributed by atoms with Crippen molar-refractivity contribution in [2.45, 2.75) is 25.7 Å². The summed E-state index contributed by atoms with van der Waals surface area (Å²) in [6.45, 7) is 2.74. The van der Waals surface area contributed by atoms with E-state index < -0.39 is 0 Å². The van der Waals surface area contributed by atoms with E-state index in [1.165, 1.54) is 5.56 Å². The molecular formula is C18H21NO. The summed E-state index contributed by atoms with van der Waals surface area (Å²) in [5.41, 5.74) is 2.34. The number of hydrogen-bond acceptors (Lipinski definition) is 1. The van der Waals surface area contributed by atoms with Crippen LogP contribution < -0.4 is 5.32 Å². The maximum atomic E-state index is 12.3. The first-order chi connectivity index (χ1) is 9.81. The van der Waals surface area contributed by atoms with Gasteiger partial charge < -0.3 is 5.32 Å². The fraction of sp³-hybridized carbons (Fsp3) is 0.278. The number of amides is 1. The monoisotopic (exact) mass is 267 g/mol. The van der Waals surface area contributed by atoms with E-state index in [0.717, 1.165) is 18.4 Å². The van der Waals surface area contributed by atoms with Gasteiger partial charge in [-0.25, -0.2) is 0 Å². The molecule has 0 fully saturated rings. The molecule has 104 valence electrons. The van der Waals surface area contributed by atoms with Gasteiger partial charge in [0.2, 0.25) is 5.91 Å². The van der Waals surface area contributed by atoms with Crippen molar-refractivity contribution in [2.75, 3.05) is 6.54 Å². The second-order valence-electron chi connectivity index (χ2n) is 4.90. The molecule has 0 spiro atoms. The summed E-state index contributed by atoms with van der Waals surface area (Å²) in [7, 11) is 0. The Morgan fingerprint density at radius 2 is 1.60 bits per heavy atom. The third kappa shape index (κ3) is 3.95. The van der Waals surface area contributed by atoms with Gasteiger partial charge in [0.05, 0.1) is 5.92 Å². The topological polar surface area (TPSA) is 29.1 Å². The molecule has 2 aromatic carbocycles. The van der Waals surface area contributed by atoms with Crippen LogP contribution in [-0.4, -0.2) is 12.5 Å². The van der Waals surface area contributed by atoms with Gasteiger partial charge in [-0.2, -0.15) is 0 Å². The van der Waals surface area contributed by atoms with Gasteiger partial charge in [-0.3, -0.25) is 4.79 Å². The van der Waals surface area contributed by atoms with Crippen molar-refractivity contribution >= 4 is 5.91 Å². The SMILES string of the molecule is CC[C@@H](C(=O)NCCc1ccccc1)c1ccccc1. The van der Waals surface area contributed by atoms with Crippen LogP contribution in [0.4, 0.5) is 0 Å². The summed E-state index contributed by atoms with van der Waals surface area (Å²) in [4.78, 5) is 12.3. The van der Waals surface area contributed by atoms with Gasteiger partial charge >= 0.3 is 0 Å². The number of nitrogens with one attached hydrogen (secondary N) is 1. The summed E-state index contributed by atoms with van der Waals surface area (Å²) in [5, 5.41) is 3.04. The van der Waals surface area contributed by atoms with Crippen LogP contribution in [0.2, 0.25) is 0 Å². The highest BCUT2D eigenvalue weighted by molar-refractivity contribution is 5.83. The second-order valence-corrected chi connectivity index (χ2v) is 4.90. The van der Waals surface area contributed by atoms with E-state index in [1.807, 2.05) is 48.5 Å². The van der Waals surface area contributed by atoms with Crippen LogP contribution in [-0.2, 0) is 11.2 Å². The van der Waals surface area contributed by atoms with Crippen LogP contribution in [0.15, 0.2) is 60.7 Å². The Morgan fingerprint density at radius 1 is 1.00 bits per heavy atom. The lowest BCUT2D eigenvalue weighted by Crippen LogP contribution is -2.30. The average molecular weight is 267 g/mol. The van der Waals surface area contributed by atoms with Gasteiger partial charge in [0.15, 0.2) is 0 Å². The predicted molar refractivity (Wildman–Crippen MR) is 82.6 cm³/mol. The first-order valence-corrected chi connectivity index (χ1v) is 7.18. The third-order valence-corrected chi connectivity index (χ3v) is 3.48. The first-order valence-electron chi connectivity index (χ1n) is 7.18. The van der Waals surface area contributed by atoms with Crippen molar-refractivity contribution in [2.24, 2.45) is 0 Å². The molecule has 2 aromatic rings. The highest BCUT2D eigenvalue weighted by Gasteiger charge is 2.17. The molecule has 0 bridgehead atoms. The van der Waals surface area contributed by atoms with Gasteiger partial charge in [0, 0.05) is 6.54 Å². The fourth-order valence-corrected chi connectivity index (χ4v) is 2.36. The van der Waals surface area contributed by atoms with E-state index in [9.17, 15) is 4.79 Å². The lowest BCUT2D eigenvalue weighted by molar-refractivity contribution is -0.122. The first kappa shape index (κ1) is 14.3. The van der Waals surface area contributed by atoms with Crippen molar-refractivity contribution in [3.63, 3.8) is 0 Å². The van der Waals surface area contributed by atoms with Crippen LogP contribution in [0, 0.1) is 0 Å². The minimum atomic E-state index is -0.0491. The van der Waals surface area contributed by atoms with E-state index in [-0.39, 0.29) is 11.8 Å². The molecule has 0 unspecified atom stereocenters. The van der Waals surface area contributed by atoms with Gasteiger partial charge in [-0.05, 0) is 24.0 Å². The lowest BCUT2D eigenvalue weighted by Gasteiger charge is -2.15. The Hall–Kier alpha value is -2.09. The molecule has 0 aliphatic carbocycles. The van der Waals surface area contributed by atoms with Crippen molar-refractivity contribution in [3.8, 4) is 0 Å². The van der Waals surface area contributed by atoms with Crippen LogP contribution in [0.25, 0.3) is 0 Å². The molecule has 0 heterocycles. The molecule has 0 saturated carbocycles. The van der Waals surface area contributed by atoms with Crippen LogP contribution in [0.1, 0.15) is 30.4 Å². The molecule has 0 saturated heterocycles. The van der Waals surface area contributed by atoms with E-state index >= 15 is 0 Å². The standard InChI is InChI=1S/C18H21NO/c1-2-17(16-11-7-4-8-12-16)18(20)19-14-13-15-9-5-3-6-10-15/h3-12,17H,2,13-14H2,1H3,(H,19,20)/t17-/m1/s1. The minimum absolute atomic E-state index is 0.0491. The number of rotatable bonds is 6. The van der Waals surface area contributed by atoms with Crippen molar-refractivity contribution in [1.29, 1.82) is 0 Å². The molecule has 1 atom stereocenters. The number of carbonyl (C=O) groups excluding carboxylic acids is 1. The average Bonchev–Trinajstić information content (AvgIpc) is 2.50. The summed E-state index contributed by atoms with van der Waals surface area (Å²) < 4.78 is 0. The summed E-state index contributed by atoms with van der Waals surface area (Å²) in [6.07, 6.45) is 1.69. The molecule has 0 radical (unpaired) electrons. The molecule has 1 amide bonds. The maximum Gasteiger partial charge on any atom is 0.227 e. The van der Waals surface area contributed by atoms with Crippen molar-refractivity contribution in [3.05, 3.63) is 71.8 Å².